The average molecular weight is 352 g/mol. The van der Waals surface area contributed by atoms with E-state index in [0.29, 0.717) is 34.3 Å². The summed E-state index contributed by atoms with van der Waals surface area (Å²) >= 11 is 0. The largest absolute Gasteiger partial charge is 0.419 e. The van der Waals surface area contributed by atoms with Crippen LogP contribution in [0.4, 0.5) is 0 Å². The number of aromatic amines is 1. The minimum Gasteiger partial charge on any atom is -0.419 e. The van der Waals surface area contributed by atoms with Crippen LogP contribution in [0.25, 0.3) is 11.5 Å². The zero-order valence-electron chi connectivity index (χ0n) is 15.2. The van der Waals surface area contributed by atoms with Gasteiger partial charge < -0.3 is 14.3 Å². The molecule has 0 spiro atoms. The van der Waals surface area contributed by atoms with E-state index >= 15 is 0 Å². The molecule has 7 heteroatoms. The second-order valence-electron chi connectivity index (χ2n) is 6.21. The molecule has 1 aromatic carbocycles. The fourth-order valence-electron chi connectivity index (χ4n) is 2.90. The molecule has 0 fully saturated rings. The number of rotatable bonds is 5. The standard InChI is InChI=1S/C19H20N4O3/c1-11-16(12(2)20-17(11)13(3)24)19(25)23(4)10-15-21-22-18(26-15)14-8-6-5-7-9-14/h5-9,20H,10H2,1-4H3. The van der Waals surface area contributed by atoms with Gasteiger partial charge in [-0.15, -0.1) is 10.2 Å². The predicted octanol–water partition coefficient (Wildman–Crippen LogP) is 3.16. The first-order valence-corrected chi connectivity index (χ1v) is 8.21. The number of ketones is 1. The van der Waals surface area contributed by atoms with E-state index in [2.05, 4.69) is 15.2 Å². The Balaban J connectivity index is 1.79. The third kappa shape index (κ3) is 3.28. The monoisotopic (exact) mass is 352 g/mol. The van der Waals surface area contributed by atoms with Gasteiger partial charge in [-0.3, -0.25) is 9.59 Å². The lowest BCUT2D eigenvalue weighted by Crippen LogP contribution is -2.27. The lowest BCUT2D eigenvalue weighted by molar-refractivity contribution is 0.0772. The van der Waals surface area contributed by atoms with Gasteiger partial charge in [-0.25, -0.2) is 0 Å². The van der Waals surface area contributed by atoms with Crippen molar-refractivity contribution in [2.75, 3.05) is 7.05 Å². The molecule has 1 N–H and O–H groups in total. The molecule has 0 aliphatic carbocycles. The van der Waals surface area contributed by atoms with Gasteiger partial charge in [0.05, 0.1) is 17.8 Å². The Labute approximate surface area is 151 Å². The highest BCUT2D eigenvalue weighted by Crippen LogP contribution is 2.21. The first kappa shape index (κ1) is 17.6. The molecule has 3 aromatic rings. The normalized spacial score (nSPS) is 10.8. The number of nitrogens with zero attached hydrogens (tertiary/aromatic N) is 3. The maximum absolute atomic E-state index is 12.8. The quantitative estimate of drug-likeness (QED) is 0.712. The van der Waals surface area contributed by atoms with Crippen molar-refractivity contribution < 1.29 is 14.0 Å². The highest BCUT2D eigenvalue weighted by Gasteiger charge is 2.24. The molecule has 0 bridgehead atoms. The summed E-state index contributed by atoms with van der Waals surface area (Å²) in [4.78, 5) is 29.0. The van der Waals surface area contributed by atoms with E-state index in [0.717, 1.165) is 5.56 Å². The van der Waals surface area contributed by atoms with Gasteiger partial charge in [-0.2, -0.15) is 0 Å². The smallest absolute Gasteiger partial charge is 0.256 e. The summed E-state index contributed by atoms with van der Waals surface area (Å²) in [5, 5.41) is 8.04. The van der Waals surface area contributed by atoms with Crippen LogP contribution in [-0.2, 0) is 6.54 Å². The highest BCUT2D eigenvalue weighted by molar-refractivity contribution is 6.02. The summed E-state index contributed by atoms with van der Waals surface area (Å²) in [5.41, 5.74) is 3.11. The van der Waals surface area contributed by atoms with Crippen molar-refractivity contribution in [3.8, 4) is 11.5 Å². The van der Waals surface area contributed by atoms with Crippen LogP contribution in [0.5, 0.6) is 0 Å². The van der Waals surface area contributed by atoms with Gasteiger partial charge in [0.25, 0.3) is 5.91 Å². The number of hydrogen-bond donors (Lipinski definition) is 1. The summed E-state index contributed by atoms with van der Waals surface area (Å²) in [7, 11) is 1.66. The van der Waals surface area contributed by atoms with Gasteiger partial charge in [-0.05, 0) is 31.5 Å². The predicted molar refractivity (Wildman–Crippen MR) is 95.8 cm³/mol. The Morgan fingerprint density at radius 2 is 1.85 bits per heavy atom. The number of Topliss-reactive ketones (excluding diaryl/α,β-unsaturated/α-hetero) is 1. The number of hydrogen-bond acceptors (Lipinski definition) is 5. The summed E-state index contributed by atoms with van der Waals surface area (Å²) in [5.74, 6) is 0.451. The molecule has 0 radical (unpaired) electrons. The summed E-state index contributed by atoms with van der Waals surface area (Å²) in [6.45, 7) is 5.19. The van der Waals surface area contributed by atoms with Gasteiger partial charge in [0, 0.05) is 25.2 Å². The molecule has 0 atom stereocenters. The number of aryl methyl sites for hydroxylation is 1. The Morgan fingerprint density at radius 1 is 1.15 bits per heavy atom. The number of H-pyrrole nitrogens is 1. The van der Waals surface area contributed by atoms with Crippen LogP contribution >= 0.6 is 0 Å². The van der Waals surface area contributed by atoms with Crippen LogP contribution in [0, 0.1) is 13.8 Å². The van der Waals surface area contributed by atoms with Crippen LogP contribution in [0.3, 0.4) is 0 Å². The number of benzene rings is 1. The van der Waals surface area contributed by atoms with Gasteiger partial charge in [0.1, 0.15) is 0 Å². The topological polar surface area (TPSA) is 92.1 Å². The average Bonchev–Trinajstić information content (AvgIpc) is 3.19. The minimum absolute atomic E-state index is 0.100. The zero-order chi connectivity index (χ0) is 18.8. The molecule has 134 valence electrons. The fourth-order valence-corrected chi connectivity index (χ4v) is 2.90. The van der Waals surface area contributed by atoms with Gasteiger partial charge in [0.15, 0.2) is 5.78 Å². The molecule has 2 heterocycles. The van der Waals surface area contributed by atoms with Crippen molar-refractivity contribution in [1.82, 2.24) is 20.1 Å². The third-order valence-corrected chi connectivity index (χ3v) is 4.21. The van der Waals surface area contributed by atoms with E-state index in [1.165, 1.54) is 11.8 Å². The molecular weight excluding hydrogens is 332 g/mol. The van der Waals surface area contributed by atoms with E-state index in [4.69, 9.17) is 4.42 Å². The molecular formula is C19H20N4O3. The highest BCUT2D eigenvalue weighted by atomic mass is 16.4. The number of nitrogens with one attached hydrogen (secondary N) is 1. The number of amides is 1. The fraction of sp³-hybridized carbons (Fsp3) is 0.263. The van der Waals surface area contributed by atoms with E-state index in [-0.39, 0.29) is 18.2 Å². The maximum Gasteiger partial charge on any atom is 0.256 e. The van der Waals surface area contributed by atoms with Crippen molar-refractivity contribution in [3.63, 3.8) is 0 Å². The molecule has 0 aliphatic rings. The second-order valence-corrected chi connectivity index (χ2v) is 6.21. The first-order valence-electron chi connectivity index (χ1n) is 8.21. The lowest BCUT2D eigenvalue weighted by Gasteiger charge is -2.15. The minimum atomic E-state index is -0.205. The SMILES string of the molecule is CC(=O)c1[nH]c(C)c(C(=O)N(C)Cc2nnc(-c3ccccc3)o2)c1C. The Kier molecular flexibility index (Phi) is 4.71. The second kappa shape index (κ2) is 6.95. The first-order chi connectivity index (χ1) is 12.4. The van der Waals surface area contributed by atoms with Crippen LogP contribution in [0.1, 0.15) is 44.9 Å². The summed E-state index contributed by atoms with van der Waals surface area (Å²) in [6, 6.07) is 9.44. The van der Waals surface area contributed by atoms with E-state index in [9.17, 15) is 9.59 Å². The molecule has 0 aliphatic heterocycles. The summed E-state index contributed by atoms with van der Waals surface area (Å²) < 4.78 is 5.65. The Morgan fingerprint density at radius 3 is 2.46 bits per heavy atom. The van der Waals surface area contributed by atoms with Crippen LogP contribution in [-0.4, -0.2) is 38.8 Å². The van der Waals surface area contributed by atoms with E-state index in [1.807, 2.05) is 30.3 Å². The number of aromatic nitrogens is 3. The molecule has 26 heavy (non-hydrogen) atoms. The molecule has 1 amide bonds. The third-order valence-electron chi connectivity index (χ3n) is 4.21. The Hall–Kier alpha value is -3.22. The van der Waals surface area contributed by atoms with Crippen LogP contribution in [0.2, 0.25) is 0 Å². The molecule has 7 nitrogen and oxygen atoms in total. The van der Waals surface area contributed by atoms with Crippen molar-refractivity contribution >= 4 is 11.7 Å². The molecule has 3 rings (SSSR count). The number of carbonyl (C=O) groups is 2. The summed E-state index contributed by atoms with van der Waals surface area (Å²) in [6.07, 6.45) is 0. The van der Waals surface area contributed by atoms with Crippen LogP contribution < -0.4 is 0 Å². The molecule has 0 unspecified atom stereocenters. The van der Waals surface area contributed by atoms with Crippen molar-refractivity contribution in [2.24, 2.45) is 0 Å². The molecule has 0 saturated heterocycles. The molecule has 0 saturated carbocycles. The molecule has 2 aromatic heterocycles. The number of carbonyl (C=O) groups excluding carboxylic acids is 2. The van der Waals surface area contributed by atoms with Gasteiger partial charge >= 0.3 is 0 Å². The van der Waals surface area contributed by atoms with Crippen molar-refractivity contribution in [1.29, 1.82) is 0 Å². The maximum atomic E-state index is 12.8. The van der Waals surface area contributed by atoms with Crippen molar-refractivity contribution in [3.05, 3.63) is 58.7 Å². The Bertz CT molecular complexity index is 957. The van der Waals surface area contributed by atoms with Crippen molar-refractivity contribution in [2.45, 2.75) is 27.3 Å². The van der Waals surface area contributed by atoms with E-state index < -0.39 is 0 Å². The zero-order valence-corrected chi connectivity index (χ0v) is 15.2. The van der Waals surface area contributed by atoms with Gasteiger partial charge in [0.2, 0.25) is 11.8 Å². The van der Waals surface area contributed by atoms with E-state index in [1.54, 1.807) is 20.9 Å². The van der Waals surface area contributed by atoms with Crippen LogP contribution in [0.15, 0.2) is 34.7 Å². The van der Waals surface area contributed by atoms with Gasteiger partial charge in [-0.1, -0.05) is 18.2 Å². The lowest BCUT2D eigenvalue weighted by atomic mass is 10.1.